The second kappa shape index (κ2) is 7.34. The summed E-state index contributed by atoms with van der Waals surface area (Å²) in [4.78, 5) is 18.8. The van der Waals surface area contributed by atoms with Gasteiger partial charge in [-0.05, 0) is 50.0 Å². The fraction of sp³-hybridized carbons (Fsp3) is 0.250. The van der Waals surface area contributed by atoms with Gasteiger partial charge >= 0.3 is 0 Å². The van der Waals surface area contributed by atoms with Gasteiger partial charge in [-0.3, -0.25) is 4.90 Å². The lowest BCUT2D eigenvalue weighted by Gasteiger charge is -2.22. The van der Waals surface area contributed by atoms with E-state index in [0.717, 1.165) is 16.5 Å². The Morgan fingerprint density at radius 2 is 1.96 bits per heavy atom. The first kappa shape index (κ1) is 15.6. The zero-order valence-corrected chi connectivity index (χ0v) is 13.8. The van der Waals surface area contributed by atoms with Crippen LogP contribution in [0.2, 0.25) is 0 Å². The molecule has 0 aliphatic carbocycles. The number of rotatable bonds is 6. The summed E-state index contributed by atoms with van der Waals surface area (Å²) in [5.41, 5.74) is 0.987. The van der Waals surface area contributed by atoms with E-state index in [9.17, 15) is 0 Å². The van der Waals surface area contributed by atoms with Crippen molar-refractivity contribution in [3.05, 3.63) is 60.6 Å². The lowest BCUT2D eigenvalue weighted by molar-refractivity contribution is 0.223. The number of aromatic nitrogens is 4. The van der Waals surface area contributed by atoms with Gasteiger partial charge in [0.25, 0.3) is 0 Å². The van der Waals surface area contributed by atoms with Crippen molar-refractivity contribution in [2.45, 2.75) is 29.8 Å². The summed E-state index contributed by atoms with van der Waals surface area (Å²) in [6.07, 6.45) is 6.77. The van der Waals surface area contributed by atoms with Crippen LogP contribution >= 0.6 is 11.8 Å². The van der Waals surface area contributed by atoms with Gasteiger partial charge < -0.3 is 4.42 Å². The molecular formula is C16H17N5OS. The number of furan rings is 1. The van der Waals surface area contributed by atoms with Crippen molar-refractivity contribution in [3.8, 4) is 0 Å². The topological polar surface area (TPSA) is 67.9 Å². The molecule has 0 fully saturated rings. The quantitative estimate of drug-likeness (QED) is 0.644. The minimum absolute atomic E-state index is 0.177. The van der Waals surface area contributed by atoms with Gasteiger partial charge in [0.05, 0.1) is 12.2 Å². The summed E-state index contributed by atoms with van der Waals surface area (Å²) >= 11 is 1.41. The molecule has 6 nitrogen and oxygen atoms in total. The Morgan fingerprint density at radius 3 is 2.70 bits per heavy atom. The summed E-state index contributed by atoms with van der Waals surface area (Å²) in [6.45, 7) is 2.81. The SMILES string of the molecule is CC(c1ccncn1)N(C)Cc1ccc(Sc2ncccn2)o1. The maximum atomic E-state index is 5.85. The van der Waals surface area contributed by atoms with E-state index in [1.165, 1.54) is 11.8 Å². The molecule has 0 N–H and O–H groups in total. The minimum atomic E-state index is 0.177. The molecule has 0 saturated carbocycles. The predicted octanol–water partition coefficient (Wildman–Crippen LogP) is 3.20. The molecule has 0 bridgehead atoms. The highest BCUT2D eigenvalue weighted by Crippen LogP contribution is 2.27. The Labute approximate surface area is 139 Å². The van der Waals surface area contributed by atoms with E-state index in [4.69, 9.17) is 4.42 Å². The van der Waals surface area contributed by atoms with Crippen LogP contribution in [0.1, 0.15) is 24.4 Å². The van der Waals surface area contributed by atoms with Gasteiger partial charge in [-0.2, -0.15) is 0 Å². The zero-order chi connectivity index (χ0) is 16.1. The fourth-order valence-corrected chi connectivity index (χ4v) is 2.77. The molecule has 0 aliphatic rings. The molecule has 3 rings (SSSR count). The van der Waals surface area contributed by atoms with Crippen LogP contribution in [0.4, 0.5) is 0 Å². The molecule has 23 heavy (non-hydrogen) atoms. The lowest BCUT2D eigenvalue weighted by Crippen LogP contribution is -2.22. The summed E-state index contributed by atoms with van der Waals surface area (Å²) in [5.74, 6) is 0.895. The van der Waals surface area contributed by atoms with Crippen LogP contribution < -0.4 is 0 Å². The predicted molar refractivity (Wildman–Crippen MR) is 86.8 cm³/mol. The normalized spacial score (nSPS) is 12.5. The van der Waals surface area contributed by atoms with E-state index in [1.54, 1.807) is 31.0 Å². The first-order valence-electron chi connectivity index (χ1n) is 7.22. The van der Waals surface area contributed by atoms with Crippen molar-refractivity contribution in [2.24, 2.45) is 0 Å². The van der Waals surface area contributed by atoms with E-state index in [1.807, 2.05) is 25.2 Å². The minimum Gasteiger partial charge on any atom is -0.453 e. The van der Waals surface area contributed by atoms with Crippen LogP contribution in [-0.2, 0) is 6.54 Å². The molecule has 3 aromatic heterocycles. The molecule has 7 heteroatoms. The maximum Gasteiger partial charge on any atom is 0.195 e. The van der Waals surface area contributed by atoms with Crippen LogP contribution in [0.3, 0.4) is 0 Å². The van der Waals surface area contributed by atoms with Gasteiger partial charge in [-0.1, -0.05) is 0 Å². The summed E-state index contributed by atoms with van der Waals surface area (Å²) < 4.78 is 5.85. The third kappa shape index (κ3) is 4.14. The highest BCUT2D eigenvalue weighted by Gasteiger charge is 2.15. The second-order valence-electron chi connectivity index (χ2n) is 5.08. The Hall–Kier alpha value is -2.25. The molecule has 0 radical (unpaired) electrons. The molecule has 0 saturated heterocycles. The maximum absolute atomic E-state index is 5.85. The summed E-state index contributed by atoms with van der Waals surface area (Å²) in [6, 6.07) is 7.82. The molecule has 1 unspecified atom stereocenters. The van der Waals surface area contributed by atoms with E-state index in [-0.39, 0.29) is 6.04 Å². The monoisotopic (exact) mass is 327 g/mol. The fourth-order valence-electron chi connectivity index (χ4n) is 2.08. The Morgan fingerprint density at radius 1 is 1.13 bits per heavy atom. The molecule has 0 amide bonds. The lowest BCUT2D eigenvalue weighted by atomic mass is 10.2. The Balaban J connectivity index is 1.62. The average molecular weight is 327 g/mol. The third-order valence-electron chi connectivity index (χ3n) is 3.47. The smallest absolute Gasteiger partial charge is 0.195 e. The van der Waals surface area contributed by atoms with E-state index >= 15 is 0 Å². The molecule has 1 atom stereocenters. The van der Waals surface area contributed by atoms with Crippen molar-refractivity contribution in [3.63, 3.8) is 0 Å². The molecule has 0 spiro atoms. The Kier molecular flexibility index (Phi) is 4.99. The van der Waals surface area contributed by atoms with Gasteiger partial charge in [0.15, 0.2) is 10.2 Å². The third-order valence-corrected chi connectivity index (χ3v) is 4.28. The van der Waals surface area contributed by atoms with Gasteiger partial charge in [0.1, 0.15) is 12.1 Å². The standard InChI is InChI=1S/C16H17N5OS/c1-12(14-6-9-17-11-20-14)21(2)10-13-4-5-15(22-13)23-16-18-7-3-8-19-16/h3-9,11-12H,10H2,1-2H3. The van der Waals surface area contributed by atoms with Gasteiger partial charge in [-0.15, -0.1) is 0 Å². The zero-order valence-electron chi connectivity index (χ0n) is 13.0. The van der Waals surface area contributed by atoms with Crippen molar-refractivity contribution in [1.82, 2.24) is 24.8 Å². The van der Waals surface area contributed by atoms with Crippen molar-refractivity contribution >= 4 is 11.8 Å². The highest BCUT2D eigenvalue weighted by atomic mass is 32.2. The first-order chi connectivity index (χ1) is 11.2. The van der Waals surface area contributed by atoms with Crippen molar-refractivity contribution in [2.75, 3.05) is 7.05 Å². The molecular weight excluding hydrogens is 310 g/mol. The van der Waals surface area contributed by atoms with E-state index in [2.05, 4.69) is 31.8 Å². The van der Waals surface area contributed by atoms with Crippen molar-refractivity contribution in [1.29, 1.82) is 0 Å². The van der Waals surface area contributed by atoms with Crippen LogP contribution in [0.5, 0.6) is 0 Å². The summed E-state index contributed by atoms with van der Waals surface area (Å²) in [5, 5.41) is 1.46. The van der Waals surface area contributed by atoms with Gasteiger partial charge in [0, 0.05) is 24.6 Å². The van der Waals surface area contributed by atoms with Crippen LogP contribution in [0, 0.1) is 0 Å². The van der Waals surface area contributed by atoms with Crippen LogP contribution in [0.25, 0.3) is 0 Å². The van der Waals surface area contributed by atoms with Crippen molar-refractivity contribution < 1.29 is 4.42 Å². The number of hydrogen-bond donors (Lipinski definition) is 0. The summed E-state index contributed by atoms with van der Waals surface area (Å²) in [7, 11) is 2.04. The number of hydrogen-bond acceptors (Lipinski definition) is 7. The molecule has 0 aliphatic heterocycles. The molecule has 0 aromatic carbocycles. The second-order valence-corrected chi connectivity index (χ2v) is 6.05. The average Bonchev–Trinajstić information content (AvgIpc) is 3.02. The van der Waals surface area contributed by atoms with E-state index < -0.39 is 0 Å². The largest absolute Gasteiger partial charge is 0.453 e. The first-order valence-corrected chi connectivity index (χ1v) is 8.04. The molecule has 3 heterocycles. The number of nitrogens with zero attached hydrogens (tertiary/aromatic N) is 5. The molecule has 3 aromatic rings. The molecule has 118 valence electrons. The van der Waals surface area contributed by atoms with Crippen LogP contribution in [-0.4, -0.2) is 31.9 Å². The van der Waals surface area contributed by atoms with Gasteiger partial charge in [-0.25, -0.2) is 19.9 Å². The van der Waals surface area contributed by atoms with E-state index in [0.29, 0.717) is 11.7 Å². The van der Waals surface area contributed by atoms with Crippen LogP contribution in [0.15, 0.2) is 63.8 Å². The van der Waals surface area contributed by atoms with Gasteiger partial charge in [0.2, 0.25) is 0 Å². The Bertz CT molecular complexity index is 734. The highest BCUT2D eigenvalue weighted by molar-refractivity contribution is 7.99.